The van der Waals surface area contributed by atoms with E-state index in [1.807, 2.05) is 0 Å². The zero-order valence-corrected chi connectivity index (χ0v) is 23.3. The Bertz CT molecular complexity index is 1190. The van der Waals surface area contributed by atoms with Crippen LogP contribution in [0.2, 0.25) is 0 Å². The van der Waals surface area contributed by atoms with E-state index in [1.165, 1.54) is 33.5 Å². The maximum absolute atomic E-state index is 13.4. The quantitative estimate of drug-likeness (QED) is 0.336. The van der Waals surface area contributed by atoms with Crippen LogP contribution in [-0.2, 0) is 24.3 Å². The molecule has 2 saturated heterocycles. The van der Waals surface area contributed by atoms with Crippen LogP contribution in [0.25, 0.3) is 0 Å². The second-order valence-corrected chi connectivity index (χ2v) is 11.2. The van der Waals surface area contributed by atoms with Crippen LogP contribution in [-0.4, -0.2) is 74.2 Å². The molecule has 2 aromatic carbocycles. The number of anilines is 1. The third-order valence-electron chi connectivity index (χ3n) is 6.81. The number of carbonyl (C=O) groups excluding carboxylic acids is 1. The second kappa shape index (κ2) is 13.3. The molecular weight excluding hydrogens is 526 g/mol. The summed E-state index contributed by atoms with van der Waals surface area (Å²) in [7, 11) is 0.820. The van der Waals surface area contributed by atoms with Crippen molar-refractivity contribution in [2.75, 3.05) is 52.9 Å². The van der Waals surface area contributed by atoms with Gasteiger partial charge in [0.2, 0.25) is 21.7 Å². The van der Waals surface area contributed by atoms with Crippen molar-refractivity contribution < 1.29 is 36.9 Å². The van der Waals surface area contributed by atoms with Gasteiger partial charge in [-0.25, -0.2) is 13.1 Å². The van der Waals surface area contributed by atoms with Crippen LogP contribution in [0.15, 0.2) is 41.3 Å². The average molecular weight is 564 g/mol. The molecular formula is C27H37N3O8S. The minimum Gasteiger partial charge on any atom is -0.493 e. The number of ether oxygens (including phenoxy) is 5. The molecule has 214 valence electrons. The highest BCUT2D eigenvalue weighted by Crippen LogP contribution is 2.40. The highest BCUT2D eigenvalue weighted by Gasteiger charge is 2.27. The maximum Gasteiger partial charge on any atom is 0.247 e. The largest absolute Gasteiger partial charge is 0.493 e. The zero-order chi connectivity index (χ0) is 27.8. The van der Waals surface area contributed by atoms with Gasteiger partial charge >= 0.3 is 0 Å². The van der Waals surface area contributed by atoms with E-state index in [9.17, 15) is 13.2 Å². The SMILES string of the molecule is COc1cc(C(Nc2ccc(S(=O)(=O)NCC3CCCO3)cc2)C(=O)NCC2CCCO2)cc(OC)c1OC. The summed E-state index contributed by atoms with van der Waals surface area (Å²) in [6, 6.07) is 8.81. The zero-order valence-electron chi connectivity index (χ0n) is 22.5. The minimum absolute atomic E-state index is 0.0267. The third kappa shape index (κ3) is 7.33. The molecule has 0 aromatic heterocycles. The molecule has 0 bridgehead atoms. The van der Waals surface area contributed by atoms with Gasteiger partial charge in [0.25, 0.3) is 0 Å². The summed E-state index contributed by atoms with van der Waals surface area (Å²) in [6.07, 6.45) is 3.49. The third-order valence-corrected chi connectivity index (χ3v) is 8.25. The highest BCUT2D eigenvalue weighted by atomic mass is 32.2. The second-order valence-electron chi connectivity index (χ2n) is 9.43. The summed E-state index contributed by atoms with van der Waals surface area (Å²) in [5, 5.41) is 6.19. The van der Waals surface area contributed by atoms with Gasteiger partial charge < -0.3 is 34.3 Å². The first-order valence-electron chi connectivity index (χ1n) is 13.0. The van der Waals surface area contributed by atoms with E-state index in [-0.39, 0.29) is 29.6 Å². The van der Waals surface area contributed by atoms with Crippen molar-refractivity contribution in [2.45, 2.75) is 48.8 Å². The molecule has 12 heteroatoms. The molecule has 2 heterocycles. The lowest BCUT2D eigenvalue weighted by Gasteiger charge is -2.23. The van der Waals surface area contributed by atoms with Crippen LogP contribution in [0.1, 0.15) is 37.3 Å². The lowest BCUT2D eigenvalue weighted by molar-refractivity contribution is -0.122. The first-order chi connectivity index (χ1) is 18.8. The number of rotatable bonds is 13. The summed E-state index contributed by atoms with van der Waals surface area (Å²) in [4.78, 5) is 13.6. The Labute approximate surface area is 229 Å². The van der Waals surface area contributed by atoms with Gasteiger partial charge in [-0.1, -0.05) is 0 Å². The molecule has 3 unspecified atom stereocenters. The molecule has 0 radical (unpaired) electrons. The van der Waals surface area contributed by atoms with Crippen LogP contribution < -0.4 is 29.6 Å². The summed E-state index contributed by atoms with van der Waals surface area (Å²) in [5.74, 6) is 0.940. The molecule has 2 aliphatic heterocycles. The van der Waals surface area contributed by atoms with Gasteiger partial charge in [0.05, 0.1) is 38.4 Å². The lowest BCUT2D eigenvalue weighted by Crippen LogP contribution is -2.38. The summed E-state index contributed by atoms with van der Waals surface area (Å²) >= 11 is 0. The lowest BCUT2D eigenvalue weighted by atomic mass is 10.0. The molecule has 39 heavy (non-hydrogen) atoms. The van der Waals surface area contributed by atoms with Crippen molar-refractivity contribution in [1.29, 1.82) is 0 Å². The van der Waals surface area contributed by atoms with Crippen LogP contribution in [0.3, 0.4) is 0 Å². The number of hydrogen-bond acceptors (Lipinski definition) is 9. The van der Waals surface area contributed by atoms with Crippen molar-refractivity contribution in [3.05, 3.63) is 42.0 Å². The van der Waals surface area contributed by atoms with Crippen LogP contribution in [0.4, 0.5) is 5.69 Å². The fourth-order valence-electron chi connectivity index (χ4n) is 4.68. The summed E-state index contributed by atoms with van der Waals surface area (Å²) in [5.41, 5.74) is 1.13. The fourth-order valence-corrected chi connectivity index (χ4v) is 5.74. The van der Waals surface area contributed by atoms with E-state index >= 15 is 0 Å². The number of methoxy groups -OCH3 is 3. The van der Waals surface area contributed by atoms with E-state index < -0.39 is 16.1 Å². The van der Waals surface area contributed by atoms with Gasteiger partial charge in [-0.05, 0) is 67.6 Å². The van der Waals surface area contributed by atoms with Gasteiger partial charge in [-0.3, -0.25) is 4.79 Å². The van der Waals surface area contributed by atoms with Gasteiger partial charge in [-0.2, -0.15) is 0 Å². The first kappa shape index (κ1) is 28.9. The number of sulfonamides is 1. The van der Waals surface area contributed by atoms with Crippen molar-refractivity contribution >= 4 is 21.6 Å². The number of nitrogens with one attached hydrogen (secondary N) is 3. The Morgan fingerprint density at radius 2 is 1.51 bits per heavy atom. The van der Waals surface area contributed by atoms with E-state index in [0.29, 0.717) is 48.3 Å². The Kier molecular flexibility index (Phi) is 9.89. The first-order valence-corrected chi connectivity index (χ1v) is 14.5. The number of benzene rings is 2. The van der Waals surface area contributed by atoms with E-state index in [4.69, 9.17) is 23.7 Å². The Balaban J connectivity index is 1.55. The van der Waals surface area contributed by atoms with Gasteiger partial charge in [0, 0.05) is 32.0 Å². The highest BCUT2D eigenvalue weighted by molar-refractivity contribution is 7.89. The van der Waals surface area contributed by atoms with Gasteiger partial charge in [-0.15, -0.1) is 0 Å². The molecule has 0 spiro atoms. The van der Waals surface area contributed by atoms with Crippen LogP contribution in [0.5, 0.6) is 17.2 Å². The van der Waals surface area contributed by atoms with Gasteiger partial charge in [0.15, 0.2) is 11.5 Å². The molecule has 11 nitrogen and oxygen atoms in total. The smallest absolute Gasteiger partial charge is 0.247 e. The van der Waals surface area contributed by atoms with Crippen molar-refractivity contribution in [3.63, 3.8) is 0 Å². The molecule has 3 N–H and O–H groups in total. The Morgan fingerprint density at radius 1 is 0.923 bits per heavy atom. The van der Waals surface area contributed by atoms with Gasteiger partial charge in [0.1, 0.15) is 6.04 Å². The minimum atomic E-state index is -3.70. The fraction of sp³-hybridized carbons (Fsp3) is 0.519. The molecule has 2 aliphatic rings. The molecule has 0 aliphatic carbocycles. The predicted molar refractivity (Wildman–Crippen MR) is 145 cm³/mol. The number of carbonyl (C=O) groups is 1. The molecule has 0 saturated carbocycles. The maximum atomic E-state index is 13.4. The Morgan fingerprint density at radius 3 is 2.03 bits per heavy atom. The Hall–Kier alpha value is -3.06. The number of amides is 1. The normalized spacial score (nSPS) is 19.9. The summed E-state index contributed by atoms with van der Waals surface area (Å²) < 4.78 is 55.7. The molecule has 2 aromatic rings. The van der Waals surface area contributed by atoms with Crippen molar-refractivity contribution in [2.24, 2.45) is 0 Å². The topological polar surface area (TPSA) is 133 Å². The molecule has 2 fully saturated rings. The monoisotopic (exact) mass is 563 g/mol. The molecule has 1 amide bonds. The number of hydrogen-bond donors (Lipinski definition) is 3. The van der Waals surface area contributed by atoms with Crippen LogP contribution >= 0.6 is 0 Å². The van der Waals surface area contributed by atoms with E-state index in [0.717, 1.165) is 25.7 Å². The average Bonchev–Trinajstić information content (AvgIpc) is 3.68. The van der Waals surface area contributed by atoms with E-state index in [1.54, 1.807) is 24.3 Å². The van der Waals surface area contributed by atoms with Crippen molar-refractivity contribution in [3.8, 4) is 17.2 Å². The molecule has 4 rings (SSSR count). The van der Waals surface area contributed by atoms with Crippen LogP contribution in [0, 0.1) is 0 Å². The summed E-state index contributed by atoms with van der Waals surface area (Å²) in [6.45, 7) is 1.96. The van der Waals surface area contributed by atoms with E-state index in [2.05, 4.69) is 15.4 Å². The molecule has 3 atom stereocenters. The predicted octanol–water partition coefficient (Wildman–Crippen LogP) is 2.62. The van der Waals surface area contributed by atoms with Crippen molar-refractivity contribution in [1.82, 2.24) is 10.0 Å². The standard InChI is InChI=1S/C27H37N3O8S/c1-34-23-14-18(15-24(35-2)26(23)36-3)25(27(31)28-16-20-6-4-12-37-20)30-19-8-10-22(11-9-19)39(32,33)29-17-21-7-5-13-38-21/h8-11,14-15,20-21,25,29-30H,4-7,12-13,16-17H2,1-3H3,(H,28,31).